The first-order valence-electron chi connectivity index (χ1n) is 7.89. The summed E-state index contributed by atoms with van der Waals surface area (Å²) < 4.78 is 5.01. The molecular formula is C19H18N2O3S. The number of carbonyl (C=O) groups excluding carboxylic acids is 2. The normalized spacial score (nSPS) is 10.4. The number of nitrogens with one attached hydrogen (secondary N) is 2. The van der Waals surface area contributed by atoms with Gasteiger partial charge in [-0.1, -0.05) is 29.8 Å². The zero-order chi connectivity index (χ0) is 17.6. The van der Waals surface area contributed by atoms with E-state index in [9.17, 15) is 9.59 Å². The Balaban J connectivity index is 1.55. The summed E-state index contributed by atoms with van der Waals surface area (Å²) in [7, 11) is 0. The Bertz CT molecular complexity index is 851. The van der Waals surface area contributed by atoms with Crippen LogP contribution in [0, 0.1) is 6.92 Å². The molecule has 0 atom stereocenters. The molecular weight excluding hydrogens is 336 g/mol. The first-order valence-corrected chi connectivity index (χ1v) is 8.77. The Hall–Kier alpha value is -2.86. The number of aryl methyl sites for hydroxylation is 1. The van der Waals surface area contributed by atoms with Gasteiger partial charge in [0.1, 0.15) is 0 Å². The van der Waals surface area contributed by atoms with Gasteiger partial charge < -0.3 is 15.1 Å². The molecule has 5 nitrogen and oxygen atoms in total. The second-order valence-electron chi connectivity index (χ2n) is 5.52. The molecule has 1 aromatic carbocycles. The van der Waals surface area contributed by atoms with Crippen LogP contribution in [-0.2, 0) is 0 Å². The highest BCUT2D eigenvalue weighted by atomic mass is 32.1. The quantitative estimate of drug-likeness (QED) is 0.666. The summed E-state index contributed by atoms with van der Waals surface area (Å²) in [4.78, 5) is 24.8. The lowest BCUT2D eigenvalue weighted by atomic mass is 10.0. The number of carbonyl (C=O) groups is 2. The average molecular weight is 354 g/mol. The van der Waals surface area contributed by atoms with E-state index in [1.807, 2.05) is 42.6 Å². The van der Waals surface area contributed by atoms with Gasteiger partial charge in [0.25, 0.3) is 11.8 Å². The van der Waals surface area contributed by atoms with Crippen molar-refractivity contribution in [2.75, 3.05) is 13.1 Å². The largest absolute Gasteiger partial charge is 0.459 e. The fourth-order valence-electron chi connectivity index (χ4n) is 2.37. The van der Waals surface area contributed by atoms with Gasteiger partial charge in [0, 0.05) is 18.7 Å². The van der Waals surface area contributed by atoms with E-state index in [2.05, 4.69) is 10.6 Å². The van der Waals surface area contributed by atoms with Gasteiger partial charge in [-0.25, -0.2) is 0 Å². The van der Waals surface area contributed by atoms with Crippen molar-refractivity contribution in [2.24, 2.45) is 0 Å². The molecule has 2 amide bonds. The maximum Gasteiger partial charge on any atom is 0.287 e. The number of rotatable bonds is 6. The third-order valence-electron chi connectivity index (χ3n) is 3.68. The van der Waals surface area contributed by atoms with Gasteiger partial charge >= 0.3 is 0 Å². The molecule has 0 spiro atoms. The van der Waals surface area contributed by atoms with Gasteiger partial charge in [-0.2, -0.15) is 0 Å². The molecule has 6 heteroatoms. The second-order valence-corrected chi connectivity index (χ2v) is 6.43. The van der Waals surface area contributed by atoms with Crippen LogP contribution >= 0.6 is 11.3 Å². The highest BCUT2D eigenvalue weighted by Crippen LogP contribution is 2.28. The number of thiophene rings is 1. The molecule has 0 unspecified atom stereocenters. The van der Waals surface area contributed by atoms with Gasteiger partial charge in [0.15, 0.2) is 5.76 Å². The Morgan fingerprint density at radius 2 is 1.72 bits per heavy atom. The summed E-state index contributed by atoms with van der Waals surface area (Å²) in [5, 5.41) is 7.43. The maximum atomic E-state index is 12.4. The van der Waals surface area contributed by atoms with Crippen LogP contribution in [0.2, 0.25) is 0 Å². The minimum atomic E-state index is -0.296. The first-order chi connectivity index (χ1) is 12.1. The molecule has 3 aromatic rings. The van der Waals surface area contributed by atoms with Crippen molar-refractivity contribution < 1.29 is 14.0 Å². The molecule has 0 aliphatic carbocycles. The van der Waals surface area contributed by atoms with Crippen LogP contribution in [0.5, 0.6) is 0 Å². The Labute approximate surface area is 149 Å². The van der Waals surface area contributed by atoms with Gasteiger partial charge in [-0.15, -0.1) is 11.3 Å². The summed E-state index contributed by atoms with van der Waals surface area (Å²) in [6, 6.07) is 13.3. The predicted molar refractivity (Wildman–Crippen MR) is 97.9 cm³/mol. The molecule has 0 radical (unpaired) electrons. The lowest BCUT2D eigenvalue weighted by Crippen LogP contribution is -2.34. The van der Waals surface area contributed by atoms with E-state index in [1.54, 1.807) is 12.1 Å². The topological polar surface area (TPSA) is 71.3 Å². The average Bonchev–Trinajstić information content (AvgIpc) is 3.30. The molecule has 0 saturated heterocycles. The molecule has 0 saturated carbocycles. The van der Waals surface area contributed by atoms with E-state index in [0.717, 1.165) is 11.1 Å². The van der Waals surface area contributed by atoms with Crippen LogP contribution in [0.15, 0.2) is 58.5 Å². The molecule has 3 rings (SSSR count). The van der Waals surface area contributed by atoms with Crippen LogP contribution in [0.1, 0.15) is 25.8 Å². The van der Waals surface area contributed by atoms with Crippen molar-refractivity contribution in [3.63, 3.8) is 0 Å². The van der Waals surface area contributed by atoms with Crippen molar-refractivity contribution in [2.45, 2.75) is 6.92 Å². The first kappa shape index (κ1) is 17.0. The van der Waals surface area contributed by atoms with Crippen LogP contribution < -0.4 is 10.6 Å². The van der Waals surface area contributed by atoms with Crippen LogP contribution in [0.25, 0.3) is 11.1 Å². The van der Waals surface area contributed by atoms with Crippen molar-refractivity contribution in [3.05, 3.63) is 70.3 Å². The molecule has 2 aromatic heterocycles. The van der Waals surface area contributed by atoms with Crippen LogP contribution in [-0.4, -0.2) is 24.9 Å². The fraction of sp³-hybridized carbons (Fsp3) is 0.158. The number of hydrogen-bond acceptors (Lipinski definition) is 4. The van der Waals surface area contributed by atoms with E-state index in [1.165, 1.54) is 23.2 Å². The Morgan fingerprint density at radius 3 is 2.40 bits per heavy atom. The third kappa shape index (κ3) is 4.16. The highest BCUT2D eigenvalue weighted by molar-refractivity contribution is 7.12. The molecule has 0 aliphatic rings. The summed E-state index contributed by atoms with van der Waals surface area (Å²) >= 11 is 1.40. The lowest BCUT2D eigenvalue weighted by Gasteiger charge is -2.07. The molecule has 25 heavy (non-hydrogen) atoms. The minimum Gasteiger partial charge on any atom is -0.459 e. The Morgan fingerprint density at radius 1 is 1.00 bits per heavy atom. The Kier molecular flexibility index (Phi) is 5.30. The van der Waals surface area contributed by atoms with Crippen LogP contribution in [0.4, 0.5) is 0 Å². The maximum absolute atomic E-state index is 12.4. The molecule has 0 aliphatic heterocycles. The lowest BCUT2D eigenvalue weighted by molar-refractivity contribution is 0.0912. The van der Waals surface area contributed by atoms with Crippen molar-refractivity contribution >= 4 is 23.2 Å². The van der Waals surface area contributed by atoms with Crippen molar-refractivity contribution in [1.29, 1.82) is 0 Å². The van der Waals surface area contributed by atoms with E-state index in [-0.39, 0.29) is 17.6 Å². The summed E-state index contributed by atoms with van der Waals surface area (Å²) in [5.74, 6) is -0.181. The molecule has 0 fully saturated rings. The van der Waals surface area contributed by atoms with E-state index in [4.69, 9.17) is 4.42 Å². The molecule has 0 bridgehead atoms. The van der Waals surface area contributed by atoms with Gasteiger partial charge in [0.05, 0.1) is 11.1 Å². The smallest absolute Gasteiger partial charge is 0.287 e. The SMILES string of the molecule is Cc1ccc(-c2ccsc2C(=O)NCCNC(=O)c2ccco2)cc1. The van der Waals surface area contributed by atoms with Gasteiger partial charge in [-0.05, 0) is 36.1 Å². The summed E-state index contributed by atoms with van der Waals surface area (Å²) in [6.07, 6.45) is 1.44. The number of benzene rings is 1. The van der Waals surface area contributed by atoms with Crippen LogP contribution in [0.3, 0.4) is 0 Å². The summed E-state index contributed by atoms with van der Waals surface area (Å²) in [6.45, 7) is 2.70. The summed E-state index contributed by atoms with van der Waals surface area (Å²) in [5.41, 5.74) is 3.11. The predicted octanol–water partition coefficient (Wildman–Crippen LogP) is 3.48. The molecule has 2 N–H and O–H groups in total. The fourth-order valence-corrected chi connectivity index (χ4v) is 3.21. The van der Waals surface area contributed by atoms with Gasteiger partial charge in [-0.3, -0.25) is 9.59 Å². The number of furan rings is 1. The zero-order valence-electron chi connectivity index (χ0n) is 13.7. The number of amides is 2. The van der Waals surface area contributed by atoms with E-state index >= 15 is 0 Å². The third-order valence-corrected chi connectivity index (χ3v) is 4.59. The van der Waals surface area contributed by atoms with E-state index < -0.39 is 0 Å². The highest BCUT2D eigenvalue weighted by Gasteiger charge is 2.14. The monoisotopic (exact) mass is 354 g/mol. The zero-order valence-corrected chi connectivity index (χ0v) is 14.6. The van der Waals surface area contributed by atoms with E-state index in [0.29, 0.717) is 18.0 Å². The second kappa shape index (κ2) is 7.81. The standard InChI is InChI=1S/C19H18N2O3S/c1-13-4-6-14(7-5-13)15-8-12-25-17(15)19(23)21-10-9-20-18(22)16-3-2-11-24-16/h2-8,11-12H,9-10H2,1H3,(H,20,22)(H,21,23). The van der Waals surface area contributed by atoms with Crippen molar-refractivity contribution in [3.8, 4) is 11.1 Å². The molecule has 128 valence electrons. The van der Waals surface area contributed by atoms with Crippen molar-refractivity contribution in [1.82, 2.24) is 10.6 Å². The number of hydrogen-bond donors (Lipinski definition) is 2. The minimum absolute atomic E-state index is 0.141. The molecule has 2 heterocycles. The van der Waals surface area contributed by atoms with Gasteiger partial charge in [0.2, 0.25) is 0 Å².